The van der Waals surface area contributed by atoms with Gasteiger partial charge < -0.3 is 5.73 Å². The average Bonchev–Trinajstić information content (AvgIpc) is 2.78. The predicted molar refractivity (Wildman–Crippen MR) is 70.6 cm³/mol. The first-order chi connectivity index (χ1) is 8.26. The van der Waals surface area contributed by atoms with Gasteiger partial charge in [-0.3, -0.25) is 4.68 Å². The van der Waals surface area contributed by atoms with Crippen LogP contribution < -0.4 is 5.73 Å². The number of hydrogen-bond acceptors (Lipinski definition) is 2. The lowest BCUT2D eigenvalue weighted by atomic mass is 10.0. The maximum Gasteiger partial charge on any atom is 0.0684 e. The smallest absolute Gasteiger partial charge is 0.0684 e. The normalized spacial score (nSPS) is 10.8. The van der Waals surface area contributed by atoms with E-state index in [1.54, 1.807) is 0 Å². The highest BCUT2D eigenvalue weighted by Crippen LogP contribution is 2.24. The fourth-order valence-electron chi connectivity index (χ4n) is 2.02. The molecule has 0 radical (unpaired) electrons. The Morgan fingerprint density at radius 1 is 1.29 bits per heavy atom. The molecule has 0 atom stereocenters. The molecule has 0 aliphatic carbocycles. The van der Waals surface area contributed by atoms with Crippen LogP contribution in [0.5, 0.6) is 0 Å². The van der Waals surface area contributed by atoms with Gasteiger partial charge in [-0.15, -0.1) is 0 Å². The highest BCUT2D eigenvalue weighted by Gasteiger charge is 2.08. The summed E-state index contributed by atoms with van der Waals surface area (Å²) in [4.78, 5) is 0. The van der Waals surface area contributed by atoms with E-state index in [0.29, 0.717) is 6.54 Å². The van der Waals surface area contributed by atoms with Crippen molar-refractivity contribution in [2.24, 2.45) is 5.73 Å². The van der Waals surface area contributed by atoms with Gasteiger partial charge in [0.05, 0.1) is 5.69 Å². The molecule has 2 aromatic rings. The summed E-state index contributed by atoms with van der Waals surface area (Å²) in [5.74, 6) is 0. The molecule has 0 aliphatic heterocycles. The largest absolute Gasteiger partial charge is 0.326 e. The molecule has 1 heterocycles. The molecule has 3 nitrogen and oxygen atoms in total. The first-order valence-corrected chi connectivity index (χ1v) is 6.08. The molecule has 0 amide bonds. The molecule has 0 aliphatic rings. The summed E-state index contributed by atoms with van der Waals surface area (Å²) in [6.07, 6.45) is 2.95. The van der Waals surface area contributed by atoms with Gasteiger partial charge in [0.2, 0.25) is 0 Å². The molecular weight excluding hydrogens is 210 g/mol. The molecule has 0 saturated carbocycles. The number of nitrogens with two attached hydrogens (primary N) is 1. The highest BCUT2D eigenvalue weighted by atomic mass is 15.3. The summed E-state index contributed by atoms with van der Waals surface area (Å²) >= 11 is 0. The van der Waals surface area contributed by atoms with E-state index in [9.17, 15) is 0 Å². The number of aromatic nitrogens is 2. The second kappa shape index (κ2) is 5.15. The molecule has 3 heteroatoms. The van der Waals surface area contributed by atoms with Gasteiger partial charge in [-0.05, 0) is 36.6 Å². The van der Waals surface area contributed by atoms with Crippen molar-refractivity contribution in [2.45, 2.75) is 33.4 Å². The summed E-state index contributed by atoms with van der Waals surface area (Å²) in [7, 11) is 0. The topological polar surface area (TPSA) is 43.8 Å². The van der Waals surface area contributed by atoms with E-state index in [1.807, 2.05) is 6.20 Å². The number of aryl methyl sites for hydroxylation is 2. The molecule has 1 aromatic heterocycles. The Labute approximate surface area is 102 Å². The van der Waals surface area contributed by atoms with Crippen LogP contribution >= 0.6 is 0 Å². The standard InChI is InChI=1S/C14H19N3/c1-3-8-17-14(6-7-16-17)13-9-12(10-15)5-4-11(13)2/h4-7,9H,3,8,10,15H2,1-2H3. The maximum atomic E-state index is 5.70. The Hall–Kier alpha value is -1.61. The van der Waals surface area contributed by atoms with Crippen LogP contribution in [0.2, 0.25) is 0 Å². The molecule has 1 aromatic carbocycles. The monoisotopic (exact) mass is 229 g/mol. The number of benzene rings is 1. The number of hydrogen-bond donors (Lipinski definition) is 1. The van der Waals surface area contributed by atoms with Gasteiger partial charge in [0.1, 0.15) is 0 Å². The van der Waals surface area contributed by atoms with Gasteiger partial charge in [0, 0.05) is 24.8 Å². The Morgan fingerprint density at radius 3 is 2.82 bits per heavy atom. The van der Waals surface area contributed by atoms with Crippen LogP contribution in [-0.2, 0) is 13.1 Å². The summed E-state index contributed by atoms with van der Waals surface area (Å²) in [5, 5.41) is 4.36. The Morgan fingerprint density at radius 2 is 2.12 bits per heavy atom. The fraction of sp³-hybridized carbons (Fsp3) is 0.357. The van der Waals surface area contributed by atoms with Crippen LogP contribution in [0.1, 0.15) is 24.5 Å². The molecule has 0 fully saturated rings. The lowest BCUT2D eigenvalue weighted by molar-refractivity contribution is 0.609. The van der Waals surface area contributed by atoms with Crippen LogP contribution in [0.4, 0.5) is 0 Å². The van der Waals surface area contributed by atoms with E-state index in [-0.39, 0.29) is 0 Å². The van der Waals surface area contributed by atoms with Gasteiger partial charge in [-0.2, -0.15) is 5.10 Å². The minimum Gasteiger partial charge on any atom is -0.326 e. The maximum absolute atomic E-state index is 5.70. The van der Waals surface area contributed by atoms with Gasteiger partial charge >= 0.3 is 0 Å². The highest BCUT2D eigenvalue weighted by molar-refractivity contribution is 5.64. The Kier molecular flexibility index (Phi) is 3.59. The zero-order chi connectivity index (χ0) is 12.3. The van der Waals surface area contributed by atoms with Gasteiger partial charge in [0.15, 0.2) is 0 Å². The van der Waals surface area contributed by atoms with Crippen molar-refractivity contribution < 1.29 is 0 Å². The lowest BCUT2D eigenvalue weighted by Gasteiger charge is -2.10. The quantitative estimate of drug-likeness (QED) is 0.876. The van der Waals surface area contributed by atoms with E-state index in [0.717, 1.165) is 18.5 Å². The van der Waals surface area contributed by atoms with Gasteiger partial charge in [-0.25, -0.2) is 0 Å². The average molecular weight is 229 g/mol. The SMILES string of the molecule is CCCn1nccc1-c1cc(CN)ccc1C. The van der Waals surface area contributed by atoms with Gasteiger partial charge in [-0.1, -0.05) is 19.1 Å². The second-order valence-corrected chi connectivity index (χ2v) is 4.29. The molecule has 0 saturated heterocycles. The number of nitrogens with zero attached hydrogens (tertiary/aromatic N) is 2. The van der Waals surface area contributed by atoms with Gasteiger partial charge in [0.25, 0.3) is 0 Å². The van der Waals surface area contributed by atoms with Crippen LogP contribution in [0.15, 0.2) is 30.5 Å². The van der Waals surface area contributed by atoms with Crippen molar-refractivity contribution in [3.8, 4) is 11.3 Å². The molecule has 2 N–H and O–H groups in total. The summed E-state index contributed by atoms with van der Waals surface area (Å²) in [5.41, 5.74) is 10.5. The van der Waals surface area contributed by atoms with Crippen molar-refractivity contribution in [2.75, 3.05) is 0 Å². The molecule has 0 unspecified atom stereocenters. The van der Waals surface area contributed by atoms with E-state index in [1.165, 1.54) is 16.8 Å². The van der Waals surface area contributed by atoms with E-state index in [2.05, 4.69) is 47.9 Å². The lowest BCUT2D eigenvalue weighted by Crippen LogP contribution is -2.03. The predicted octanol–water partition coefficient (Wildman–Crippen LogP) is 2.73. The second-order valence-electron chi connectivity index (χ2n) is 4.29. The van der Waals surface area contributed by atoms with Crippen LogP contribution in [0.3, 0.4) is 0 Å². The van der Waals surface area contributed by atoms with Crippen molar-refractivity contribution in [1.29, 1.82) is 0 Å². The Bertz CT molecular complexity index is 500. The van der Waals surface area contributed by atoms with Crippen molar-refractivity contribution >= 4 is 0 Å². The molecule has 2 rings (SSSR count). The molecule has 0 spiro atoms. The summed E-state index contributed by atoms with van der Waals surface area (Å²) < 4.78 is 2.06. The van der Waals surface area contributed by atoms with Crippen molar-refractivity contribution in [3.63, 3.8) is 0 Å². The van der Waals surface area contributed by atoms with E-state index in [4.69, 9.17) is 5.73 Å². The fourth-order valence-corrected chi connectivity index (χ4v) is 2.02. The third kappa shape index (κ3) is 2.39. The van der Waals surface area contributed by atoms with Crippen molar-refractivity contribution in [1.82, 2.24) is 9.78 Å². The molecule has 90 valence electrons. The van der Waals surface area contributed by atoms with Crippen LogP contribution in [-0.4, -0.2) is 9.78 Å². The third-order valence-electron chi connectivity index (χ3n) is 2.97. The van der Waals surface area contributed by atoms with E-state index >= 15 is 0 Å². The first-order valence-electron chi connectivity index (χ1n) is 6.08. The molecular formula is C14H19N3. The van der Waals surface area contributed by atoms with Crippen molar-refractivity contribution in [3.05, 3.63) is 41.6 Å². The first kappa shape index (κ1) is 11.9. The molecule has 17 heavy (non-hydrogen) atoms. The summed E-state index contributed by atoms with van der Waals surface area (Å²) in [6, 6.07) is 8.44. The van der Waals surface area contributed by atoms with Crippen LogP contribution in [0.25, 0.3) is 11.3 Å². The number of rotatable bonds is 4. The minimum absolute atomic E-state index is 0.579. The Balaban J connectivity index is 2.47. The van der Waals surface area contributed by atoms with Crippen LogP contribution in [0, 0.1) is 6.92 Å². The third-order valence-corrected chi connectivity index (χ3v) is 2.97. The zero-order valence-corrected chi connectivity index (χ0v) is 10.5. The summed E-state index contributed by atoms with van der Waals surface area (Å²) in [6.45, 7) is 5.82. The minimum atomic E-state index is 0.579. The molecule has 0 bridgehead atoms. The van der Waals surface area contributed by atoms with E-state index < -0.39 is 0 Å². The zero-order valence-electron chi connectivity index (χ0n) is 10.5.